The first-order valence-electron chi connectivity index (χ1n) is 7.95. The van der Waals surface area contributed by atoms with Crippen LogP contribution in [0.25, 0.3) is 5.69 Å². The average molecular weight is 307 g/mol. The van der Waals surface area contributed by atoms with E-state index in [1.807, 2.05) is 54.2 Å². The zero-order chi connectivity index (χ0) is 16.1. The van der Waals surface area contributed by atoms with Gasteiger partial charge in [-0.25, -0.2) is 4.68 Å². The molecule has 3 aromatic rings. The minimum atomic E-state index is 0.696. The van der Waals surface area contributed by atoms with Gasteiger partial charge in [-0.15, -0.1) is 5.10 Å². The summed E-state index contributed by atoms with van der Waals surface area (Å²) < 4.78 is 7.35. The van der Waals surface area contributed by atoms with Gasteiger partial charge in [0.1, 0.15) is 5.75 Å². The van der Waals surface area contributed by atoms with Crippen molar-refractivity contribution < 1.29 is 4.74 Å². The van der Waals surface area contributed by atoms with E-state index < -0.39 is 0 Å². The minimum Gasteiger partial charge on any atom is -0.494 e. The fourth-order valence-electron chi connectivity index (χ4n) is 2.59. The predicted octanol–water partition coefficient (Wildman–Crippen LogP) is 3.76. The number of hydrogen-bond donors (Lipinski definition) is 0. The van der Waals surface area contributed by atoms with Crippen LogP contribution in [0.5, 0.6) is 5.75 Å². The number of hydrogen-bond acceptors (Lipinski definition) is 3. The fraction of sp³-hybridized carbons (Fsp3) is 0.263. The van der Waals surface area contributed by atoms with Gasteiger partial charge < -0.3 is 4.74 Å². The van der Waals surface area contributed by atoms with Crippen LogP contribution < -0.4 is 4.74 Å². The van der Waals surface area contributed by atoms with Gasteiger partial charge in [-0.3, -0.25) is 0 Å². The average Bonchev–Trinajstić information content (AvgIpc) is 3.04. The molecule has 0 atom stereocenters. The van der Waals surface area contributed by atoms with Crippen LogP contribution in [0, 0.1) is 6.92 Å². The molecular weight excluding hydrogens is 286 g/mol. The quantitative estimate of drug-likeness (QED) is 0.696. The van der Waals surface area contributed by atoms with E-state index in [0.717, 1.165) is 30.0 Å². The summed E-state index contributed by atoms with van der Waals surface area (Å²) in [6.45, 7) is 4.82. The highest BCUT2D eigenvalue weighted by molar-refractivity contribution is 5.35. The molecule has 3 rings (SSSR count). The molecule has 1 aromatic heterocycles. The van der Waals surface area contributed by atoms with Crippen molar-refractivity contribution in [3.8, 4) is 11.4 Å². The van der Waals surface area contributed by atoms with Crippen molar-refractivity contribution in [2.75, 3.05) is 6.61 Å². The van der Waals surface area contributed by atoms with Crippen molar-refractivity contribution >= 4 is 0 Å². The topological polar surface area (TPSA) is 39.9 Å². The Morgan fingerprint density at radius 2 is 1.87 bits per heavy atom. The van der Waals surface area contributed by atoms with E-state index in [9.17, 15) is 0 Å². The molecule has 4 heteroatoms. The molecular formula is C19H21N3O. The molecule has 1 heterocycles. The van der Waals surface area contributed by atoms with Crippen molar-refractivity contribution in [3.63, 3.8) is 0 Å². The molecule has 23 heavy (non-hydrogen) atoms. The minimum absolute atomic E-state index is 0.696. The highest BCUT2D eigenvalue weighted by atomic mass is 16.5. The monoisotopic (exact) mass is 307 g/mol. The van der Waals surface area contributed by atoms with Crippen molar-refractivity contribution in [1.29, 1.82) is 0 Å². The second-order valence-corrected chi connectivity index (χ2v) is 5.51. The van der Waals surface area contributed by atoms with Crippen molar-refractivity contribution in [2.45, 2.75) is 26.7 Å². The second kappa shape index (κ2) is 7.09. The zero-order valence-electron chi connectivity index (χ0n) is 13.6. The third kappa shape index (κ3) is 3.77. The molecule has 0 N–H and O–H groups in total. The van der Waals surface area contributed by atoms with Gasteiger partial charge in [0.25, 0.3) is 0 Å². The highest BCUT2D eigenvalue weighted by Gasteiger charge is 2.05. The first-order valence-corrected chi connectivity index (χ1v) is 7.95. The lowest BCUT2D eigenvalue weighted by molar-refractivity contribution is 0.340. The maximum absolute atomic E-state index is 5.53. The van der Waals surface area contributed by atoms with Crippen LogP contribution in [-0.2, 0) is 12.8 Å². The second-order valence-electron chi connectivity index (χ2n) is 5.51. The van der Waals surface area contributed by atoms with Gasteiger partial charge in [-0.1, -0.05) is 29.5 Å². The number of rotatable bonds is 6. The molecule has 4 nitrogen and oxygen atoms in total. The summed E-state index contributed by atoms with van der Waals surface area (Å²) >= 11 is 0. The Bertz CT molecular complexity index is 765. The lowest BCUT2D eigenvalue weighted by Crippen LogP contribution is -1.97. The van der Waals surface area contributed by atoms with Crippen LogP contribution in [0.15, 0.2) is 54.7 Å². The molecule has 0 spiro atoms. The molecule has 0 aliphatic carbocycles. The number of benzene rings is 2. The largest absolute Gasteiger partial charge is 0.494 e. The summed E-state index contributed by atoms with van der Waals surface area (Å²) in [6, 6.07) is 16.3. The Balaban J connectivity index is 1.66. The summed E-state index contributed by atoms with van der Waals surface area (Å²) in [5, 5.41) is 8.48. The van der Waals surface area contributed by atoms with E-state index in [4.69, 9.17) is 4.74 Å². The van der Waals surface area contributed by atoms with E-state index in [1.54, 1.807) is 0 Å². The van der Waals surface area contributed by atoms with E-state index in [0.29, 0.717) is 6.61 Å². The van der Waals surface area contributed by atoms with E-state index >= 15 is 0 Å². The molecule has 0 amide bonds. The Labute approximate surface area is 136 Å². The van der Waals surface area contributed by atoms with Crippen LogP contribution in [0.4, 0.5) is 0 Å². The number of nitrogens with zero attached hydrogens (tertiary/aromatic N) is 3. The Kier molecular flexibility index (Phi) is 4.71. The first-order chi connectivity index (χ1) is 11.3. The lowest BCUT2D eigenvalue weighted by Gasteiger charge is -2.08. The predicted molar refractivity (Wildman–Crippen MR) is 91.1 cm³/mol. The summed E-state index contributed by atoms with van der Waals surface area (Å²) in [5.41, 5.74) is 4.61. The number of aryl methyl sites for hydroxylation is 3. The molecule has 0 radical (unpaired) electrons. The normalized spacial score (nSPS) is 10.7. The van der Waals surface area contributed by atoms with Crippen LogP contribution in [0.2, 0.25) is 0 Å². The van der Waals surface area contributed by atoms with Crippen LogP contribution in [-0.4, -0.2) is 21.6 Å². The van der Waals surface area contributed by atoms with Crippen molar-refractivity contribution in [2.24, 2.45) is 0 Å². The molecule has 0 aliphatic heterocycles. The fourth-order valence-corrected chi connectivity index (χ4v) is 2.59. The van der Waals surface area contributed by atoms with Gasteiger partial charge in [0, 0.05) is 0 Å². The zero-order valence-corrected chi connectivity index (χ0v) is 13.6. The maximum atomic E-state index is 5.53. The van der Waals surface area contributed by atoms with Gasteiger partial charge in [0.05, 0.1) is 24.2 Å². The molecule has 0 saturated heterocycles. The molecule has 0 aliphatic rings. The van der Waals surface area contributed by atoms with E-state index in [2.05, 4.69) is 29.4 Å². The van der Waals surface area contributed by atoms with Gasteiger partial charge in [0.15, 0.2) is 0 Å². The Hall–Kier alpha value is -2.62. The Morgan fingerprint density at radius 1 is 1.04 bits per heavy atom. The van der Waals surface area contributed by atoms with Crippen molar-refractivity contribution in [1.82, 2.24) is 15.0 Å². The van der Waals surface area contributed by atoms with Crippen LogP contribution in [0.1, 0.15) is 23.7 Å². The summed E-state index contributed by atoms with van der Waals surface area (Å²) in [4.78, 5) is 0. The molecule has 0 fully saturated rings. The Morgan fingerprint density at radius 3 is 2.61 bits per heavy atom. The molecule has 0 bridgehead atoms. The van der Waals surface area contributed by atoms with Crippen LogP contribution >= 0.6 is 0 Å². The van der Waals surface area contributed by atoms with Crippen LogP contribution in [0.3, 0.4) is 0 Å². The van der Waals surface area contributed by atoms with Gasteiger partial charge in [0.2, 0.25) is 0 Å². The molecule has 0 unspecified atom stereocenters. The van der Waals surface area contributed by atoms with E-state index in [1.165, 1.54) is 11.1 Å². The summed E-state index contributed by atoms with van der Waals surface area (Å²) in [5.74, 6) is 0.934. The summed E-state index contributed by atoms with van der Waals surface area (Å²) in [6.07, 6.45) is 3.83. The standard InChI is InChI=1S/C19H21N3O/c1-3-23-19-12-10-16(15(2)13-19)9-11-17-14-22(21-20-17)18-7-5-4-6-8-18/h4-8,10,12-14H,3,9,11H2,1-2H3. The smallest absolute Gasteiger partial charge is 0.119 e. The van der Waals surface area contributed by atoms with Gasteiger partial charge >= 0.3 is 0 Å². The number of aromatic nitrogens is 3. The summed E-state index contributed by atoms with van der Waals surface area (Å²) in [7, 11) is 0. The molecule has 118 valence electrons. The molecule has 2 aromatic carbocycles. The third-order valence-corrected chi connectivity index (χ3v) is 3.84. The first kappa shape index (κ1) is 15.3. The number of ether oxygens (including phenoxy) is 1. The lowest BCUT2D eigenvalue weighted by atomic mass is 10.0. The highest BCUT2D eigenvalue weighted by Crippen LogP contribution is 2.19. The maximum Gasteiger partial charge on any atom is 0.119 e. The van der Waals surface area contributed by atoms with E-state index in [-0.39, 0.29) is 0 Å². The third-order valence-electron chi connectivity index (χ3n) is 3.84. The number of para-hydroxylation sites is 1. The van der Waals surface area contributed by atoms with Gasteiger partial charge in [-0.2, -0.15) is 0 Å². The SMILES string of the molecule is CCOc1ccc(CCc2cn(-c3ccccc3)nn2)c(C)c1. The van der Waals surface area contributed by atoms with Crippen molar-refractivity contribution in [3.05, 3.63) is 71.5 Å². The van der Waals surface area contributed by atoms with Gasteiger partial charge in [-0.05, 0) is 62.1 Å². The molecule has 0 saturated carbocycles.